The summed E-state index contributed by atoms with van der Waals surface area (Å²) in [6, 6.07) is 2.31. The van der Waals surface area contributed by atoms with Crippen molar-refractivity contribution >= 4 is 17.2 Å². The molecule has 9 heteroatoms. The van der Waals surface area contributed by atoms with Crippen molar-refractivity contribution in [2.45, 2.75) is 6.54 Å². The first-order valence-electron chi connectivity index (χ1n) is 4.85. The number of rotatable bonds is 3. The molecule has 2 aromatic heterocycles. The lowest BCUT2D eigenvalue weighted by atomic mass is 10.4. The summed E-state index contributed by atoms with van der Waals surface area (Å²) in [5, 5.41) is 4.17. The highest BCUT2D eigenvalue weighted by atomic mass is 32.1. The van der Waals surface area contributed by atoms with Gasteiger partial charge in [0, 0.05) is 17.5 Å². The molecule has 0 saturated carbocycles. The predicted octanol–water partition coefficient (Wildman–Crippen LogP) is -1.36. The molecule has 0 saturated heterocycles. The third-order valence-corrected chi connectivity index (χ3v) is 2.98. The minimum Gasteiger partial charge on any atom is -0.288 e. The number of nitrogens with two attached hydrogens (primary N) is 1. The number of aromatic amines is 1. The molecule has 0 unspecified atom stereocenters. The van der Waals surface area contributed by atoms with Gasteiger partial charge in [-0.2, -0.15) is 0 Å². The Kier molecular flexibility index (Phi) is 3.35. The van der Waals surface area contributed by atoms with Crippen molar-refractivity contribution in [2.24, 2.45) is 5.84 Å². The molecule has 1 amide bonds. The van der Waals surface area contributed by atoms with Gasteiger partial charge in [-0.25, -0.2) is 15.5 Å². The molecule has 8 nitrogen and oxygen atoms in total. The first-order valence-corrected chi connectivity index (χ1v) is 5.73. The van der Waals surface area contributed by atoms with E-state index < -0.39 is 5.91 Å². The minimum atomic E-state index is -0.500. The number of hydrogen-bond donors (Lipinski definition) is 3. The van der Waals surface area contributed by atoms with E-state index in [4.69, 9.17) is 5.84 Å². The van der Waals surface area contributed by atoms with Gasteiger partial charge in [0.05, 0.1) is 12.2 Å². The molecule has 0 atom stereocenters. The van der Waals surface area contributed by atoms with E-state index in [2.05, 4.69) is 10.1 Å². The average molecular weight is 267 g/mol. The molecule has 0 spiro atoms. The van der Waals surface area contributed by atoms with Crippen LogP contribution in [0.25, 0.3) is 0 Å². The number of hydrogen-bond acceptors (Lipinski definition) is 6. The first kappa shape index (κ1) is 12.2. The summed E-state index contributed by atoms with van der Waals surface area (Å²) in [7, 11) is 0. The summed E-state index contributed by atoms with van der Waals surface area (Å²) >= 11 is 1.10. The summed E-state index contributed by atoms with van der Waals surface area (Å²) in [6.45, 7) is 0.0866. The molecule has 2 heterocycles. The van der Waals surface area contributed by atoms with Crippen LogP contribution in [0.2, 0.25) is 0 Å². The van der Waals surface area contributed by atoms with Crippen LogP contribution in [-0.2, 0) is 6.54 Å². The van der Waals surface area contributed by atoms with Gasteiger partial charge in [0.15, 0.2) is 5.01 Å². The topological polar surface area (TPSA) is 123 Å². The Hall–Kier alpha value is -2.26. The second-order valence-corrected chi connectivity index (χ2v) is 4.21. The average Bonchev–Trinajstić information content (AvgIpc) is 2.81. The number of amides is 1. The fraction of sp³-hybridized carbons (Fsp3) is 0.111. The third kappa shape index (κ3) is 2.52. The SMILES string of the molecule is NNC(=O)c1nc(Cn2[nH]c(=O)ccc2=O)cs1. The molecule has 0 aliphatic rings. The fourth-order valence-corrected chi connectivity index (χ4v) is 2.00. The van der Waals surface area contributed by atoms with Crippen molar-refractivity contribution in [3.8, 4) is 0 Å². The van der Waals surface area contributed by atoms with E-state index in [-0.39, 0.29) is 22.7 Å². The second kappa shape index (κ2) is 4.94. The Balaban J connectivity index is 2.26. The second-order valence-electron chi connectivity index (χ2n) is 3.35. The van der Waals surface area contributed by atoms with Crippen LogP contribution in [0.3, 0.4) is 0 Å². The molecule has 0 bridgehead atoms. The highest BCUT2D eigenvalue weighted by molar-refractivity contribution is 7.11. The van der Waals surface area contributed by atoms with Crippen LogP contribution < -0.4 is 22.4 Å². The molecule has 2 aromatic rings. The summed E-state index contributed by atoms with van der Waals surface area (Å²) in [6.07, 6.45) is 0. The number of H-pyrrole nitrogens is 1. The summed E-state index contributed by atoms with van der Waals surface area (Å²) in [5.74, 6) is 4.47. The zero-order valence-electron chi connectivity index (χ0n) is 9.04. The Morgan fingerprint density at radius 2 is 2.28 bits per heavy atom. The van der Waals surface area contributed by atoms with Crippen LogP contribution in [0.4, 0.5) is 0 Å². The van der Waals surface area contributed by atoms with Crippen LogP contribution in [0.5, 0.6) is 0 Å². The van der Waals surface area contributed by atoms with E-state index in [1.54, 1.807) is 5.38 Å². The number of nitrogen functional groups attached to an aromatic ring is 1. The lowest BCUT2D eigenvalue weighted by Gasteiger charge is -2.01. The van der Waals surface area contributed by atoms with Crippen LogP contribution in [0.15, 0.2) is 27.1 Å². The van der Waals surface area contributed by atoms with Gasteiger partial charge >= 0.3 is 0 Å². The number of thiazole rings is 1. The Morgan fingerprint density at radius 3 is 3.00 bits per heavy atom. The summed E-state index contributed by atoms with van der Waals surface area (Å²) < 4.78 is 1.11. The van der Waals surface area contributed by atoms with Crippen LogP contribution in [0.1, 0.15) is 15.5 Å². The van der Waals surface area contributed by atoms with Crippen molar-refractivity contribution in [3.63, 3.8) is 0 Å². The van der Waals surface area contributed by atoms with Gasteiger partial charge in [0.1, 0.15) is 0 Å². The Labute approximate surface area is 104 Å². The van der Waals surface area contributed by atoms with Gasteiger partial charge in [0.2, 0.25) is 0 Å². The third-order valence-electron chi connectivity index (χ3n) is 2.09. The minimum absolute atomic E-state index is 0.0866. The lowest BCUT2D eigenvalue weighted by Crippen LogP contribution is -2.30. The van der Waals surface area contributed by atoms with Crippen LogP contribution in [0, 0.1) is 0 Å². The van der Waals surface area contributed by atoms with E-state index in [1.807, 2.05) is 5.43 Å². The number of nitrogens with zero attached hydrogens (tertiary/aromatic N) is 2. The van der Waals surface area contributed by atoms with Gasteiger partial charge in [-0.1, -0.05) is 0 Å². The number of aromatic nitrogens is 3. The number of hydrazine groups is 1. The van der Waals surface area contributed by atoms with Crippen molar-refractivity contribution in [1.29, 1.82) is 0 Å². The molecular formula is C9H9N5O3S. The molecule has 2 rings (SSSR count). The standard InChI is InChI=1S/C9H9N5O3S/c10-12-8(17)9-11-5(4-18-9)3-14-7(16)2-1-6(15)13-14/h1-2,4H,3,10H2,(H,12,17)(H,13,15). The Bertz CT molecular complexity index is 686. The lowest BCUT2D eigenvalue weighted by molar-refractivity contribution is 0.0953. The summed E-state index contributed by atoms with van der Waals surface area (Å²) in [5.41, 5.74) is 1.71. The number of carbonyl (C=O) groups excluding carboxylic acids is 1. The van der Waals surface area contributed by atoms with Crippen molar-refractivity contribution in [3.05, 3.63) is 48.9 Å². The molecule has 94 valence electrons. The van der Waals surface area contributed by atoms with Gasteiger partial charge in [0.25, 0.3) is 17.0 Å². The largest absolute Gasteiger partial charge is 0.294 e. The smallest absolute Gasteiger partial charge is 0.288 e. The van der Waals surface area contributed by atoms with Gasteiger partial charge in [-0.3, -0.25) is 24.9 Å². The maximum atomic E-state index is 11.4. The molecule has 18 heavy (non-hydrogen) atoms. The zero-order chi connectivity index (χ0) is 13.1. The molecular weight excluding hydrogens is 258 g/mol. The molecule has 0 fully saturated rings. The fourth-order valence-electron chi connectivity index (χ4n) is 1.29. The van der Waals surface area contributed by atoms with E-state index in [9.17, 15) is 14.4 Å². The Morgan fingerprint density at radius 1 is 1.50 bits per heavy atom. The van der Waals surface area contributed by atoms with E-state index in [0.717, 1.165) is 22.1 Å². The number of nitrogens with one attached hydrogen (secondary N) is 2. The van der Waals surface area contributed by atoms with E-state index in [1.165, 1.54) is 6.07 Å². The molecule has 0 aliphatic heterocycles. The van der Waals surface area contributed by atoms with Crippen LogP contribution >= 0.6 is 11.3 Å². The normalized spacial score (nSPS) is 10.3. The maximum absolute atomic E-state index is 11.4. The maximum Gasteiger partial charge on any atom is 0.294 e. The van der Waals surface area contributed by atoms with Crippen molar-refractivity contribution in [2.75, 3.05) is 0 Å². The van der Waals surface area contributed by atoms with E-state index >= 15 is 0 Å². The predicted molar refractivity (Wildman–Crippen MR) is 64.2 cm³/mol. The quantitative estimate of drug-likeness (QED) is 0.360. The molecule has 4 N–H and O–H groups in total. The first-order chi connectivity index (χ1) is 8.60. The van der Waals surface area contributed by atoms with Gasteiger partial charge in [-0.15, -0.1) is 11.3 Å². The number of carbonyl (C=O) groups is 1. The molecule has 0 aliphatic carbocycles. The highest BCUT2D eigenvalue weighted by Gasteiger charge is 2.10. The summed E-state index contributed by atoms with van der Waals surface area (Å²) in [4.78, 5) is 37.7. The zero-order valence-corrected chi connectivity index (χ0v) is 9.86. The van der Waals surface area contributed by atoms with Gasteiger partial charge < -0.3 is 0 Å². The van der Waals surface area contributed by atoms with Gasteiger partial charge in [-0.05, 0) is 0 Å². The van der Waals surface area contributed by atoms with Crippen molar-refractivity contribution < 1.29 is 4.79 Å². The highest BCUT2D eigenvalue weighted by Crippen LogP contribution is 2.09. The van der Waals surface area contributed by atoms with Crippen LogP contribution in [-0.4, -0.2) is 20.7 Å². The monoisotopic (exact) mass is 267 g/mol. The van der Waals surface area contributed by atoms with E-state index in [0.29, 0.717) is 5.69 Å². The molecule has 0 aromatic carbocycles. The van der Waals surface area contributed by atoms with Crippen molar-refractivity contribution in [1.82, 2.24) is 20.2 Å². The molecule has 0 radical (unpaired) electrons.